The number of amides is 2. The number of nitrogens with one attached hydrogen (secondary N) is 1. The third-order valence-corrected chi connectivity index (χ3v) is 6.64. The van der Waals surface area contributed by atoms with Crippen molar-refractivity contribution in [2.75, 3.05) is 60.4 Å². The van der Waals surface area contributed by atoms with Gasteiger partial charge in [-0.3, -0.25) is 9.59 Å². The van der Waals surface area contributed by atoms with Crippen molar-refractivity contribution in [1.29, 1.82) is 0 Å². The number of hydrogen-bond acceptors (Lipinski definition) is 8. The minimum Gasteiger partial charge on any atom is -0.462 e. The Morgan fingerprint density at radius 3 is 2.29 bits per heavy atom. The van der Waals surface area contributed by atoms with Crippen LogP contribution in [0.5, 0.6) is 0 Å². The molecule has 0 radical (unpaired) electrons. The van der Waals surface area contributed by atoms with Crippen molar-refractivity contribution in [1.82, 2.24) is 10.2 Å². The Morgan fingerprint density at radius 1 is 1.00 bits per heavy atom. The summed E-state index contributed by atoms with van der Waals surface area (Å²) in [5.41, 5.74) is 0.894. The average Bonchev–Trinajstić information content (AvgIpc) is 3.41. The maximum absolute atomic E-state index is 13.3. The first-order chi connectivity index (χ1) is 18.4. The molecule has 1 saturated heterocycles. The number of carbonyl (C=O) groups excluding carboxylic acids is 3. The van der Waals surface area contributed by atoms with Crippen molar-refractivity contribution in [2.45, 2.75) is 57.7 Å². The topological polar surface area (TPSA) is 113 Å². The maximum atomic E-state index is 13.3. The van der Waals surface area contributed by atoms with Crippen LogP contribution in [-0.2, 0) is 44.5 Å². The molecular formula is C28H44N2O8. The number of esters is 1. The Bertz CT molecular complexity index is 837. The second-order valence-corrected chi connectivity index (χ2v) is 9.28. The first kappa shape index (κ1) is 31.7. The first-order valence-corrected chi connectivity index (χ1v) is 13.4. The highest BCUT2D eigenvalue weighted by molar-refractivity contribution is 5.86. The quantitative estimate of drug-likeness (QED) is 0.224. The molecule has 38 heavy (non-hydrogen) atoms. The number of benzene rings is 1. The van der Waals surface area contributed by atoms with Crippen molar-refractivity contribution in [3.63, 3.8) is 0 Å². The fourth-order valence-corrected chi connectivity index (χ4v) is 4.60. The van der Waals surface area contributed by atoms with Crippen molar-refractivity contribution in [3.05, 3.63) is 35.9 Å². The number of likely N-dealkylation sites (tertiary alicyclic amines) is 1. The van der Waals surface area contributed by atoms with Gasteiger partial charge < -0.3 is 33.9 Å². The Labute approximate surface area is 226 Å². The largest absolute Gasteiger partial charge is 0.462 e. The average molecular weight is 537 g/mol. The number of rotatable bonds is 18. The highest BCUT2D eigenvalue weighted by Gasteiger charge is 2.40. The van der Waals surface area contributed by atoms with E-state index in [0.29, 0.717) is 39.4 Å². The van der Waals surface area contributed by atoms with Gasteiger partial charge in [-0.05, 0) is 18.4 Å². The van der Waals surface area contributed by atoms with Gasteiger partial charge in [0, 0.05) is 33.6 Å². The van der Waals surface area contributed by atoms with Crippen LogP contribution in [0.25, 0.3) is 0 Å². The summed E-state index contributed by atoms with van der Waals surface area (Å²) in [4.78, 5) is 40.5. The zero-order valence-corrected chi connectivity index (χ0v) is 23.2. The molecule has 1 heterocycles. The van der Waals surface area contributed by atoms with E-state index in [9.17, 15) is 14.4 Å². The van der Waals surface area contributed by atoms with Crippen LogP contribution in [0.15, 0.2) is 30.3 Å². The van der Waals surface area contributed by atoms with E-state index in [1.165, 1.54) is 0 Å². The van der Waals surface area contributed by atoms with E-state index in [0.717, 1.165) is 18.4 Å². The first-order valence-electron chi connectivity index (χ1n) is 13.4. The number of methoxy groups -OCH3 is 2. The van der Waals surface area contributed by atoms with Gasteiger partial charge in [-0.1, -0.05) is 44.2 Å². The van der Waals surface area contributed by atoms with Gasteiger partial charge in [0.25, 0.3) is 0 Å². The lowest BCUT2D eigenvalue weighted by Gasteiger charge is -2.34. The third-order valence-electron chi connectivity index (χ3n) is 6.64. The predicted octanol–water partition coefficient (Wildman–Crippen LogP) is 1.99. The summed E-state index contributed by atoms with van der Waals surface area (Å²) in [6.45, 7) is 6.35. The highest BCUT2D eigenvalue weighted by atomic mass is 16.6. The molecule has 2 rings (SSSR count). The molecule has 0 aromatic heterocycles. The van der Waals surface area contributed by atoms with E-state index in [1.54, 1.807) is 21.1 Å². The van der Waals surface area contributed by atoms with E-state index in [-0.39, 0.29) is 37.5 Å². The molecule has 0 bridgehead atoms. The van der Waals surface area contributed by atoms with Crippen molar-refractivity contribution in [2.24, 2.45) is 5.92 Å². The van der Waals surface area contributed by atoms with Crippen LogP contribution in [0.3, 0.4) is 0 Å². The second kappa shape index (κ2) is 17.9. The summed E-state index contributed by atoms with van der Waals surface area (Å²) in [5.74, 6) is -1.39. The van der Waals surface area contributed by atoms with Crippen LogP contribution >= 0.6 is 0 Å². The fourth-order valence-electron chi connectivity index (χ4n) is 4.60. The van der Waals surface area contributed by atoms with E-state index in [2.05, 4.69) is 5.32 Å². The third kappa shape index (κ3) is 10.3. The Kier molecular flexibility index (Phi) is 14.9. The summed E-state index contributed by atoms with van der Waals surface area (Å²) >= 11 is 0. The highest BCUT2D eigenvalue weighted by Crippen LogP contribution is 2.27. The van der Waals surface area contributed by atoms with E-state index in [4.69, 9.17) is 23.7 Å². The van der Waals surface area contributed by atoms with Crippen LogP contribution in [0, 0.1) is 5.92 Å². The molecular weight excluding hydrogens is 492 g/mol. The summed E-state index contributed by atoms with van der Waals surface area (Å²) in [5, 5.41) is 2.87. The lowest BCUT2D eigenvalue weighted by atomic mass is 9.94. The van der Waals surface area contributed by atoms with E-state index < -0.39 is 24.0 Å². The summed E-state index contributed by atoms with van der Waals surface area (Å²) in [7, 11) is 3.16. The lowest BCUT2D eigenvalue weighted by molar-refractivity contribution is -0.150. The molecule has 1 aromatic carbocycles. The molecule has 214 valence electrons. The molecule has 0 aliphatic carbocycles. The normalized spacial score (nSPS) is 17.6. The van der Waals surface area contributed by atoms with Gasteiger partial charge in [-0.25, -0.2) is 4.79 Å². The standard InChI is InChI=1S/C28H44N2O8/c1-5-25(31)30-13-9-12-24(30)26(35-4)21(2)27(32)29-23(20-22-10-7-6-8-11-22)28(33)38-19-18-37-17-16-36-15-14-34-3/h6-8,10-11,21,23-24,26H,5,9,12-20H2,1-4H3,(H,29,32)/t21-,23+,24+,26-/m1/s1. The van der Waals surface area contributed by atoms with Gasteiger partial charge in [0.15, 0.2) is 0 Å². The summed E-state index contributed by atoms with van der Waals surface area (Å²) < 4.78 is 26.8. The monoisotopic (exact) mass is 536 g/mol. The minimum absolute atomic E-state index is 0.0523. The molecule has 10 nitrogen and oxygen atoms in total. The SMILES string of the molecule is CCC(=O)N1CCC[C@H]1[C@H](OC)[C@@H](C)C(=O)N[C@@H](Cc1ccccc1)C(=O)OCCOCCOCCOC. The van der Waals surface area contributed by atoms with E-state index in [1.807, 2.05) is 42.2 Å². The summed E-state index contributed by atoms with van der Waals surface area (Å²) in [6, 6.07) is 8.39. The molecule has 10 heteroatoms. The molecule has 1 N–H and O–H groups in total. The van der Waals surface area contributed by atoms with Gasteiger partial charge in [0.1, 0.15) is 12.6 Å². The van der Waals surface area contributed by atoms with Gasteiger partial charge >= 0.3 is 5.97 Å². The second-order valence-electron chi connectivity index (χ2n) is 9.28. The fraction of sp³-hybridized carbons (Fsp3) is 0.679. The van der Waals surface area contributed by atoms with E-state index >= 15 is 0 Å². The molecule has 2 amide bonds. The van der Waals surface area contributed by atoms with Crippen LogP contribution in [0.1, 0.15) is 38.7 Å². The van der Waals surface area contributed by atoms with Crippen LogP contribution < -0.4 is 5.32 Å². The van der Waals surface area contributed by atoms with Crippen LogP contribution in [0.2, 0.25) is 0 Å². The number of ether oxygens (including phenoxy) is 5. The van der Waals surface area contributed by atoms with Gasteiger partial charge in [0.05, 0.1) is 51.1 Å². The van der Waals surface area contributed by atoms with Gasteiger partial charge in [0.2, 0.25) is 11.8 Å². The molecule has 0 unspecified atom stereocenters. The number of carbonyl (C=O) groups is 3. The van der Waals surface area contributed by atoms with Crippen molar-refractivity contribution >= 4 is 17.8 Å². The van der Waals surface area contributed by atoms with Crippen molar-refractivity contribution in [3.8, 4) is 0 Å². The Morgan fingerprint density at radius 2 is 1.66 bits per heavy atom. The van der Waals surface area contributed by atoms with Gasteiger partial charge in [-0.2, -0.15) is 0 Å². The lowest BCUT2D eigenvalue weighted by Crippen LogP contribution is -2.52. The smallest absolute Gasteiger partial charge is 0.329 e. The predicted molar refractivity (Wildman–Crippen MR) is 142 cm³/mol. The maximum Gasteiger partial charge on any atom is 0.329 e. The molecule has 1 fully saturated rings. The Balaban J connectivity index is 1.95. The molecule has 4 atom stereocenters. The molecule has 1 aliphatic rings. The van der Waals surface area contributed by atoms with Crippen LogP contribution in [0.4, 0.5) is 0 Å². The van der Waals surface area contributed by atoms with Crippen LogP contribution in [-0.4, -0.2) is 101 Å². The zero-order valence-electron chi connectivity index (χ0n) is 23.2. The number of hydrogen-bond donors (Lipinski definition) is 1. The minimum atomic E-state index is -0.876. The molecule has 0 saturated carbocycles. The van der Waals surface area contributed by atoms with Crippen molar-refractivity contribution < 1.29 is 38.1 Å². The molecule has 1 aliphatic heterocycles. The Hall–Kier alpha value is -2.53. The number of nitrogens with zero attached hydrogens (tertiary/aromatic N) is 1. The van der Waals surface area contributed by atoms with Gasteiger partial charge in [-0.15, -0.1) is 0 Å². The molecule has 0 spiro atoms. The zero-order chi connectivity index (χ0) is 27.8. The molecule has 1 aromatic rings. The summed E-state index contributed by atoms with van der Waals surface area (Å²) in [6.07, 6.45) is 1.85.